The predicted molar refractivity (Wildman–Crippen MR) is 217 cm³/mol. The van der Waals surface area contributed by atoms with Crippen LogP contribution in [-0.2, 0) is 33.9 Å². The van der Waals surface area contributed by atoms with Gasteiger partial charge in [-0.05, 0) is 91.7 Å². The Bertz CT molecular complexity index is 2100. The summed E-state index contributed by atoms with van der Waals surface area (Å²) in [6, 6.07) is 16.8. The van der Waals surface area contributed by atoms with Crippen LogP contribution in [0.25, 0.3) is 22.0 Å². The van der Waals surface area contributed by atoms with Gasteiger partial charge in [-0.25, -0.2) is 4.98 Å². The molecule has 8 N–H and O–H groups in total. The third-order valence-electron chi connectivity index (χ3n) is 9.99. The first-order valence-corrected chi connectivity index (χ1v) is 19.8. The van der Waals surface area contributed by atoms with Crippen LogP contribution in [-0.4, -0.2) is 75.8 Å². The number of carbonyl (C=O) groups excluding carboxylic acids is 3. The van der Waals surface area contributed by atoms with Crippen LogP contribution in [0.5, 0.6) is 0 Å². The van der Waals surface area contributed by atoms with E-state index < -0.39 is 18.1 Å². The number of carbonyl (C=O) groups is 3. The summed E-state index contributed by atoms with van der Waals surface area (Å²) < 4.78 is 0. The van der Waals surface area contributed by atoms with E-state index in [2.05, 4.69) is 25.9 Å². The van der Waals surface area contributed by atoms with Gasteiger partial charge in [0.1, 0.15) is 17.1 Å². The number of hydrogen-bond donors (Lipinski definition) is 6. The van der Waals surface area contributed by atoms with Crippen molar-refractivity contribution in [1.29, 1.82) is 0 Å². The fraction of sp³-hybridized carbons (Fsp3) is 0.341. The summed E-state index contributed by atoms with van der Waals surface area (Å²) in [5, 5.41) is 11.8. The molecule has 0 unspecified atom stereocenters. The van der Waals surface area contributed by atoms with Gasteiger partial charge >= 0.3 is 0 Å². The Morgan fingerprint density at radius 1 is 0.891 bits per heavy atom. The third-order valence-corrected chi connectivity index (χ3v) is 11.7. The van der Waals surface area contributed by atoms with Gasteiger partial charge in [0.25, 0.3) is 0 Å². The number of aromatic nitrogens is 3. The van der Waals surface area contributed by atoms with E-state index in [0.29, 0.717) is 61.8 Å². The molecule has 55 heavy (non-hydrogen) atoms. The van der Waals surface area contributed by atoms with Crippen molar-refractivity contribution < 1.29 is 14.4 Å². The molecule has 0 bridgehead atoms. The quantitative estimate of drug-likeness (QED) is 0.107. The lowest BCUT2D eigenvalue weighted by Gasteiger charge is -2.32. The number of halogens is 1. The zero-order valence-corrected chi connectivity index (χ0v) is 32.5. The summed E-state index contributed by atoms with van der Waals surface area (Å²) in [6.07, 6.45) is 10.0. The molecule has 2 aromatic carbocycles. The summed E-state index contributed by atoms with van der Waals surface area (Å²) >= 11 is 8.39. The lowest BCUT2D eigenvalue weighted by molar-refractivity contribution is -0.142. The van der Waals surface area contributed by atoms with Crippen molar-refractivity contribution in [2.24, 2.45) is 11.5 Å². The highest BCUT2D eigenvalue weighted by Gasteiger charge is 2.34. The molecule has 0 saturated heterocycles. The molecular weight excluding hydrogens is 734 g/mol. The van der Waals surface area contributed by atoms with Crippen LogP contribution in [0.3, 0.4) is 0 Å². The summed E-state index contributed by atoms with van der Waals surface area (Å²) in [7, 11) is 1.63. The number of benzene rings is 2. The molecule has 3 aromatic heterocycles. The first-order valence-electron chi connectivity index (χ1n) is 18.7. The number of unbranched alkanes of at least 4 members (excludes halogenated alkanes) is 1. The number of nitrogens with zero attached hydrogens (tertiary/aromatic N) is 3. The van der Waals surface area contributed by atoms with Crippen LogP contribution in [0, 0.1) is 0 Å². The second-order valence-corrected chi connectivity index (χ2v) is 15.1. The predicted octanol–water partition coefficient (Wildman–Crippen LogP) is 4.94. The maximum atomic E-state index is 14.6. The van der Waals surface area contributed by atoms with Crippen LogP contribution < -0.4 is 27.4 Å². The molecule has 288 valence electrons. The van der Waals surface area contributed by atoms with Crippen molar-refractivity contribution in [2.75, 3.05) is 20.1 Å². The minimum atomic E-state index is -0.929. The van der Waals surface area contributed by atoms with Gasteiger partial charge in [-0.15, -0.1) is 0 Å². The van der Waals surface area contributed by atoms with Crippen molar-refractivity contribution >= 4 is 52.0 Å². The zero-order valence-electron chi connectivity index (χ0n) is 30.9. The Hall–Kier alpha value is -4.79. The summed E-state index contributed by atoms with van der Waals surface area (Å²) in [5.74, 6) is -1.04. The summed E-state index contributed by atoms with van der Waals surface area (Å²) in [6.45, 7) is 1.29. The second kappa shape index (κ2) is 19.2. The number of aromatic amines is 1. The number of amides is 3. The molecule has 3 amide bonds. The second-order valence-electron chi connectivity index (χ2n) is 13.7. The number of nitrogens with two attached hydrogens (primary N) is 2. The van der Waals surface area contributed by atoms with E-state index in [1.54, 1.807) is 25.6 Å². The molecule has 4 heterocycles. The molecule has 12 nitrogen and oxygen atoms in total. The lowest BCUT2D eigenvalue weighted by Crippen LogP contribution is -2.57. The Morgan fingerprint density at radius 2 is 1.69 bits per heavy atom. The maximum absolute atomic E-state index is 14.6. The number of nitrogens with one attached hydrogen (secondary N) is 4. The van der Waals surface area contributed by atoms with Crippen LogP contribution in [0.2, 0.25) is 5.02 Å². The Balaban J connectivity index is 1.46. The first kappa shape index (κ1) is 39.9. The molecule has 3 atom stereocenters. The largest absolute Gasteiger partial charge is 0.361 e. The van der Waals surface area contributed by atoms with Crippen LogP contribution in [0.15, 0.2) is 95.4 Å². The molecular formula is C41H48ClN9O3S. The molecule has 0 fully saturated rings. The number of H-pyrrole nitrogens is 1. The van der Waals surface area contributed by atoms with E-state index in [9.17, 15) is 14.4 Å². The van der Waals surface area contributed by atoms with Crippen molar-refractivity contribution in [3.63, 3.8) is 0 Å². The van der Waals surface area contributed by atoms with Gasteiger partial charge in [-0.1, -0.05) is 59.8 Å². The highest BCUT2D eigenvalue weighted by molar-refractivity contribution is 7.99. The van der Waals surface area contributed by atoms with Gasteiger partial charge in [0.15, 0.2) is 0 Å². The number of fused-ring (bicyclic) bond motifs is 3. The minimum absolute atomic E-state index is 0.108. The summed E-state index contributed by atoms with van der Waals surface area (Å²) in [5.41, 5.74) is 16.9. The number of pyridine rings is 2. The van der Waals surface area contributed by atoms with Gasteiger partial charge in [-0.3, -0.25) is 19.4 Å². The fourth-order valence-electron chi connectivity index (χ4n) is 6.94. The monoisotopic (exact) mass is 781 g/mol. The standard InChI is InChI=1S/C41H48ClN9O3S/c1-51-36(21-28-24-47-33-12-3-2-11-30(28)33)39(53)49-25-31-29(26-9-7-19-45-22-26)15-16-32(42)37(31)55-40-27(10-8-20-46-40)23-48-34(14-6-18-44)38(52)50-35(41(51)54)13-4-5-17-43/h2-3,7-12,15-16,19-20,22,24,34-36,47-48H,4-6,13-14,17-18,21,23,25,43-44H2,1H3,(H,49,53)(H,50,52)/t34-,35-,36-/m0/s1. The minimum Gasteiger partial charge on any atom is -0.361 e. The van der Waals surface area contributed by atoms with E-state index in [-0.39, 0.29) is 30.7 Å². The van der Waals surface area contributed by atoms with Crippen molar-refractivity contribution in [3.05, 3.63) is 107 Å². The smallest absolute Gasteiger partial charge is 0.245 e. The van der Waals surface area contributed by atoms with E-state index >= 15 is 0 Å². The molecule has 0 spiro atoms. The average Bonchev–Trinajstić information content (AvgIpc) is 3.62. The fourth-order valence-corrected chi connectivity index (χ4v) is 8.28. The van der Waals surface area contributed by atoms with Gasteiger partial charge in [-0.2, -0.15) is 0 Å². The molecule has 0 aliphatic carbocycles. The van der Waals surface area contributed by atoms with E-state index in [1.807, 2.05) is 66.9 Å². The molecule has 6 rings (SSSR count). The van der Waals surface area contributed by atoms with E-state index in [4.69, 9.17) is 28.1 Å². The highest BCUT2D eigenvalue weighted by Crippen LogP contribution is 2.41. The normalized spacial score (nSPS) is 18.7. The van der Waals surface area contributed by atoms with E-state index in [1.165, 1.54) is 16.7 Å². The molecule has 14 heteroatoms. The molecule has 1 aliphatic heterocycles. The molecule has 0 saturated carbocycles. The Morgan fingerprint density at radius 3 is 2.49 bits per heavy atom. The number of likely N-dealkylation sites (N-methyl/N-ethyl adjacent to an activating group) is 1. The van der Waals surface area contributed by atoms with Gasteiger partial charge in [0.2, 0.25) is 17.7 Å². The van der Waals surface area contributed by atoms with Crippen molar-refractivity contribution in [3.8, 4) is 11.1 Å². The SMILES string of the molecule is CN1C(=O)[C@H](CCCCN)NC(=O)[C@H](CCCN)NCc2cccnc2Sc2c(Cl)ccc(-c3cccnc3)c2CNC(=O)[C@@H]1Cc1c[nH]c2ccccc12. The van der Waals surface area contributed by atoms with Crippen LogP contribution >= 0.6 is 23.4 Å². The van der Waals surface area contributed by atoms with Gasteiger partial charge < -0.3 is 37.3 Å². The third kappa shape index (κ3) is 9.72. The Kier molecular flexibility index (Phi) is 13.9. The van der Waals surface area contributed by atoms with Crippen LogP contribution in [0.4, 0.5) is 0 Å². The zero-order chi connectivity index (χ0) is 38.7. The van der Waals surface area contributed by atoms with Crippen molar-refractivity contribution in [2.45, 2.75) is 79.7 Å². The van der Waals surface area contributed by atoms with Crippen molar-refractivity contribution in [1.82, 2.24) is 35.8 Å². The van der Waals surface area contributed by atoms with Gasteiger partial charge in [0, 0.05) is 72.7 Å². The maximum Gasteiger partial charge on any atom is 0.245 e. The number of para-hydroxylation sites is 1. The molecule has 0 radical (unpaired) electrons. The lowest BCUT2D eigenvalue weighted by atomic mass is 9.99. The number of hydrogen-bond acceptors (Lipinski definition) is 9. The molecule has 5 aromatic rings. The Labute approximate surface area is 330 Å². The average molecular weight is 782 g/mol. The van der Waals surface area contributed by atoms with E-state index in [0.717, 1.165) is 43.6 Å². The highest BCUT2D eigenvalue weighted by atomic mass is 35.5. The van der Waals surface area contributed by atoms with Gasteiger partial charge in [0.05, 0.1) is 11.1 Å². The number of rotatable bonds is 10. The van der Waals surface area contributed by atoms with Crippen LogP contribution in [0.1, 0.15) is 48.8 Å². The molecule has 1 aliphatic rings. The summed E-state index contributed by atoms with van der Waals surface area (Å²) in [4.78, 5) is 57.8. The topological polar surface area (TPSA) is 184 Å². The first-order chi connectivity index (χ1) is 26.8.